The van der Waals surface area contributed by atoms with Crippen molar-refractivity contribution < 1.29 is 19.5 Å². The summed E-state index contributed by atoms with van der Waals surface area (Å²) in [7, 11) is 0. The molecule has 0 atom stereocenters. The zero-order valence-electron chi connectivity index (χ0n) is 9.64. The van der Waals surface area contributed by atoms with E-state index in [0.717, 1.165) is 12.5 Å². The maximum atomic E-state index is 11.9. The molecule has 0 saturated heterocycles. The number of imide groups is 1. The number of aliphatic carboxylic acids is 1. The van der Waals surface area contributed by atoms with Crippen molar-refractivity contribution in [3.05, 3.63) is 35.4 Å². The number of hydrogen-bond acceptors (Lipinski definition) is 3. The van der Waals surface area contributed by atoms with Gasteiger partial charge in [0.15, 0.2) is 0 Å². The van der Waals surface area contributed by atoms with Gasteiger partial charge in [-0.2, -0.15) is 0 Å². The van der Waals surface area contributed by atoms with Gasteiger partial charge in [0.25, 0.3) is 5.91 Å². The summed E-state index contributed by atoms with van der Waals surface area (Å²) < 4.78 is 0. The molecule has 1 aromatic carbocycles. The van der Waals surface area contributed by atoms with Gasteiger partial charge in [0.05, 0.1) is 0 Å². The van der Waals surface area contributed by atoms with Crippen molar-refractivity contribution in [2.45, 2.75) is 13.8 Å². The SMILES string of the molecule is CC(=O)N(CC(=O)O)C(=O)c1ccc(C)cc1. The Hall–Kier alpha value is -2.17. The highest BCUT2D eigenvalue weighted by Gasteiger charge is 2.21. The molecular weight excluding hydrogens is 222 g/mol. The van der Waals surface area contributed by atoms with Crippen molar-refractivity contribution in [2.75, 3.05) is 6.54 Å². The predicted molar refractivity (Wildman–Crippen MR) is 60.5 cm³/mol. The fraction of sp³-hybridized carbons (Fsp3) is 0.250. The maximum absolute atomic E-state index is 11.9. The molecule has 0 heterocycles. The van der Waals surface area contributed by atoms with Gasteiger partial charge in [-0.1, -0.05) is 17.7 Å². The summed E-state index contributed by atoms with van der Waals surface area (Å²) in [4.78, 5) is 34.3. The van der Waals surface area contributed by atoms with Gasteiger partial charge >= 0.3 is 5.97 Å². The van der Waals surface area contributed by atoms with Crippen molar-refractivity contribution in [1.82, 2.24) is 4.90 Å². The third-order valence-corrected chi connectivity index (χ3v) is 2.22. The van der Waals surface area contributed by atoms with E-state index in [0.29, 0.717) is 10.5 Å². The molecule has 5 heteroatoms. The van der Waals surface area contributed by atoms with E-state index < -0.39 is 24.3 Å². The number of nitrogens with zero attached hydrogens (tertiary/aromatic N) is 1. The molecule has 0 bridgehead atoms. The molecule has 1 N–H and O–H groups in total. The Labute approximate surface area is 98.7 Å². The number of rotatable bonds is 3. The molecule has 0 spiro atoms. The van der Waals surface area contributed by atoms with Crippen molar-refractivity contribution >= 4 is 17.8 Å². The van der Waals surface area contributed by atoms with Gasteiger partial charge in [-0.25, -0.2) is 0 Å². The zero-order chi connectivity index (χ0) is 13.0. The summed E-state index contributed by atoms with van der Waals surface area (Å²) in [6, 6.07) is 6.59. The lowest BCUT2D eigenvalue weighted by molar-refractivity contribution is -0.142. The van der Waals surface area contributed by atoms with E-state index in [9.17, 15) is 14.4 Å². The number of amides is 2. The van der Waals surface area contributed by atoms with Crippen LogP contribution in [0.15, 0.2) is 24.3 Å². The molecule has 0 saturated carbocycles. The van der Waals surface area contributed by atoms with Crippen LogP contribution in [0.3, 0.4) is 0 Å². The smallest absolute Gasteiger partial charge is 0.323 e. The normalized spacial score (nSPS) is 9.76. The summed E-state index contributed by atoms with van der Waals surface area (Å²) in [6.45, 7) is 2.41. The molecule has 90 valence electrons. The van der Waals surface area contributed by atoms with Crippen molar-refractivity contribution in [3.63, 3.8) is 0 Å². The number of aryl methyl sites for hydroxylation is 1. The highest BCUT2D eigenvalue weighted by molar-refractivity contribution is 6.05. The Bertz CT molecular complexity index is 450. The number of carbonyl (C=O) groups excluding carboxylic acids is 2. The Kier molecular flexibility index (Phi) is 3.98. The second-order valence-electron chi connectivity index (χ2n) is 3.67. The van der Waals surface area contributed by atoms with E-state index in [1.165, 1.54) is 0 Å². The van der Waals surface area contributed by atoms with Gasteiger partial charge in [-0.15, -0.1) is 0 Å². The van der Waals surface area contributed by atoms with E-state index in [2.05, 4.69) is 0 Å². The summed E-state index contributed by atoms with van der Waals surface area (Å²) in [6.07, 6.45) is 0. The largest absolute Gasteiger partial charge is 0.480 e. The molecule has 0 aliphatic heterocycles. The highest BCUT2D eigenvalue weighted by Crippen LogP contribution is 2.07. The van der Waals surface area contributed by atoms with E-state index in [1.807, 2.05) is 6.92 Å². The van der Waals surface area contributed by atoms with Gasteiger partial charge in [0.1, 0.15) is 6.54 Å². The molecule has 0 fully saturated rings. The minimum atomic E-state index is -1.22. The Morgan fingerprint density at radius 3 is 2.12 bits per heavy atom. The molecular formula is C12H13NO4. The summed E-state index contributed by atoms with van der Waals surface area (Å²) in [5, 5.41) is 8.63. The first-order valence-electron chi connectivity index (χ1n) is 5.02. The maximum Gasteiger partial charge on any atom is 0.323 e. The van der Waals surface area contributed by atoms with Crippen LogP contribution in [0.1, 0.15) is 22.8 Å². The molecule has 2 amide bonds. The third-order valence-electron chi connectivity index (χ3n) is 2.22. The van der Waals surface area contributed by atoms with E-state index in [4.69, 9.17) is 5.11 Å². The quantitative estimate of drug-likeness (QED) is 0.850. The Morgan fingerprint density at radius 2 is 1.71 bits per heavy atom. The highest BCUT2D eigenvalue weighted by atomic mass is 16.4. The number of carboxylic acid groups (broad SMARTS) is 1. The fourth-order valence-electron chi connectivity index (χ4n) is 1.31. The van der Waals surface area contributed by atoms with Crippen LogP contribution in [0.25, 0.3) is 0 Å². The lowest BCUT2D eigenvalue weighted by atomic mass is 10.1. The second kappa shape index (κ2) is 5.25. The van der Waals surface area contributed by atoms with Crippen LogP contribution in [0.4, 0.5) is 0 Å². The van der Waals surface area contributed by atoms with E-state index >= 15 is 0 Å². The predicted octanol–water partition coefficient (Wildman–Crippen LogP) is 1.07. The van der Waals surface area contributed by atoms with Crippen molar-refractivity contribution in [2.24, 2.45) is 0 Å². The molecule has 0 aromatic heterocycles. The first-order chi connectivity index (χ1) is 7.91. The van der Waals surface area contributed by atoms with Crippen LogP contribution in [-0.4, -0.2) is 34.3 Å². The molecule has 0 aliphatic carbocycles. The fourth-order valence-corrected chi connectivity index (χ4v) is 1.31. The second-order valence-corrected chi connectivity index (χ2v) is 3.67. The average Bonchev–Trinajstić information content (AvgIpc) is 2.25. The summed E-state index contributed by atoms with van der Waals surface area (Å²) in [5.74, 6) is -2.40. The molecule has 5 nitrogen and oxygen atoms in total. The molecule has 0 unspecified atom stereocenters. The van der Waals surface area contributed by atoms with Crippen LogP contribution in [0, 0.1) is 6.92 Å². The van der Waals surface area contributed by atoms with Crippen LogP contribution >= 0.6 is 0 Å². The van der Waals surface area contributed by atoms with Crippen LogP contribution in [0.2, 0.25) is 0 Å². The molecule has 0 radical (unpaired) electrons. The Balaban J connectivity index is 2.95. The minimum Gasteiger partial charge on any atom is -0.480 e. The van der Waals surface area contributed by atoms with E-state index in [1.54, 1.807) is 24.3 Å². The Morgan fingerprint density at radius 1 is 1.18 bits per heavy atom. The zero-order valence-corrected chi connectivity index (χ0v) is 9.64. The summed E-state index contributed by atoms with van der Waals surface area (Å²) >= 11 is 0. The van der Waals surface area contributed by atoms with Crippen LogP contribution < -0.4 is 0 Å². The third kappa shape index (κ3) is 3.41. The van der Waals surface area contributed by atoms with Crippen LogP contribution in [-0.2, 0) is 9.59 Å². The number of benzene rings is 1. The van der Waals surface area contributed by atoms with Gasteiger partial charge < -0.3 is 5.11 Å². The van der Waals surface area contributed by atoms with Gasteiger partial charge in [-0.3, -0.25) is 19.3 Å². The van der Waals surface area contributed by atoms with Crippen molar-refractivity contribution in [3.8, 4) is 0 Å². The number of carbonyl (C=O) groups is 3. The average molecular weight is 235 g/mol. The lowest BCUT2D eigenvalue weighted by Gasteiger charge is -2.16. The first kappa shape index (κ1) is 12.9. The van der Waals surface area contributed by atoms with Gasteiger partial charge in [0.2, 0.25) is 5.91 Å². The molecule has 0 aliphatic rings. The number of hydrogen-bond donors (Lipinski definition) is 1. The summed E-state index contributed by atoms with van der Waals surface area (Å²) in [5.41, 5.74) is 1.28. The van der Waals surface area contributed by atoms with Crippen molar-refractivity contribution in [1.29, 1.82) is 0 Å². The standard InChI is InChI=1S/C12H13NO4/c1-8-3-5-10(6-4-8)12(17)13(9(2)14)7-11(15)16/h3-6H,7H2,1-2H3,(H,15,16). The van der Waals surface area contributed by atoms with Gasteiger partial charge in [0, 0.05) is 12.5 Å². The molecule has 1 aromatic rings. The van der Waals surface area contributed by atoms with Gasteiger partial charge in [-0.05, 0) is 19.1 Å². The topological polar surface area (TPSA) is 74.7 Å². The number of carboxylic acids is 1. The molecule has 17 heavy (non-hydrogen) atoms. The van der Waals surface area contributed by atoms with Crippen LogP contribution in [0.5, 0.6) is 0 Å². The lowest BCUT2D eigenvalue weighted by Crippen LogP contribution is -2.39. The minimum absolute atomic E-state index is 0.298. The monoisotopic (exact) mass is 235 g/mol. The van der Waals surface area contributed by atoms with E-state index in [-0.39, 0.29) is 0 Å². The first-order valence-corrected chi connectivity index (χ1v) is 5.02. The molecule has 1 rings (SSSR count).